The van der Waals surface area contributed by atoms with Crippen LogP contribution in [0.2, 0.25) is 0 Å². The molecule has 0 saturated heterocycles. The van der Waals surface area contributed by atoms with Crippen LogP contribution in [-0.4, -0.2) is 20.1 Å². The fraction of sp³-hybridized carbons (Fsp3) is 0.538. The molecule has 4 nitrogen and oxygen atoms in total. The standard InChI is InChI=1S/C26H37N3O/c1-3-5-7-8-9-10-12-16-22-19-21(15-11-6-4-2)20-25(26(22)30)29-27-23-17-13-14-18-24(23)28-29/h13-14,17-20,30H,3-12,15-16H2,1-2H3. The zero-order chi connectivity index (χ0) is 21.2. The smallest absolute Gasteiger partial charge is 0.146 e. The third-order valence-electron chi connectivity index (χ3n) is 5.85. The third kappa shape index (κ3) is 6.07. The summed E-state index contributed by atoms with van der Waals surface area (Å²) in [5.74, 6) is 0.334. The number of aryl methyl sites for hydroxylation is 2. The molecular formula is C26H37N3O. The van der Waals surface area contributed by atoms with Crippen molar-refractivity contribution in [1.29, 1.82) is 0 Å². The summed E-state index contributed by atoms with van der Waals surface area (Å²) in [6, 6.07) is 12.1. The molecule has 0 unspecified atom stereocenters. The molecule has 0 radical (unpaired) electrons. The number of benzene rings is 2. The molecule has 0 amide bonds. The average molecular weight is 408 g/mol. The molecule has 4 heteroatoms. The minimum Gasteiger partial charge on any atom is -0.505 e. The molecule has 1 heterocycles. The molecular weight excluding hydrogens is 370 g/mol. The molecule has 0 aliphatic heterocycles. The molecule has 0 fully saturated rings. The number of phenols is 1. The number of aromatic nitrogens is 3. The van der Waals surface area contributed by atoms with E-state index in [4.69, 9.17) is 0 Å². The number of rotatable bonds is 13. The molecule has 162 valence electrons. The van der Waals surface area contributed by atoms with Gasteiger partial charge < -0.3 is 5.11 Å². The highest BCUT2D eigenvalue weighted by atomic mass is 16.3. The van der Waals surface area contributed by atoms with Crippen molar-refractivity contribution < 1.29 is 5.11 Å². The van der Waals surface area contributed by atoms with Crippen LogP contribution >= 0.6 is 0 Å². The number of aromatic hydroxyl groups is 1. The van der Waals surface area contributed by atoms with E-state index < -0.39 is 0 Å². The summed E-state index contributed by atoms with van der Waals surface area (Å²) >= 11 is 0. The van der Waals surface area contributed by atoms with E-state index in [0.717, 1.165) is 35.9 Å². The largest absolute Gasteiger partial charge is 0.505 e. The Bertz CT molecular complexity index is 883. The van der Waals surface area contributed by atoms with Gasteiger partial charge in [-0.2, -0.15) is 0 Å². The average Bonchev–Trinajstić information content (AvgIpc) is 3.19. The molecule has 3 rings (SSSR count). The van der Waals surface area contributed by atoms with Crippen molar-refractivity contribution in [2.45, 2.75) is 90.9 Å². The van der Waals surface area contributed by atoms with E-state index in [1.54, 1.807) is 4.80 Å². The summed E-state index contributed by atoms with van der Waals surface area (Å²) < 4.78 is 0. The molecule has 2 aromatic carbocycles. The van der Waals surface area contributed by atoms with E-state index in [0.29, 0.717) is 11.4 Å². The number of phenolic OH excluding ortho intramolecular Hbond substituents is 1. The summed E-state index contributed by atoms with van der Waals surface area (Å²) in [6.45, 7) is 4.48. The molecule has 3 aromatic rings. The Morgan fingerprint density at radius 2 is 1.30 bits per heavy atom. The van der Waals surface area contributed by atoms with Gasteiger partial charge in [-0.05, 0) is 55.0 Å². The first-order valence-electron chi connectivity index (χ1n) is 11.9. The van der Waals surface area contributed by atoms with Crippen LogP contribution in [0.25, 0.3) is 16.7 Å². The lowest BCUT2D eigenvalue weighted by Gasteiger charge is -2.13. The zero-order valence-corrected chi connectivity index (χ0v) is 18.7. The molecule has 1 N–H and O–H groups in total. The molecule has 0 bridgehead atoms. The molecule has 1 aromatic heterocycles. The Balaban J connectivity index is 1.76. The fourth-order valence-electron chi connectivity index (χ4n) is 4.05. The van der Waals surface area contributed by atoms with Crippen molar-refractivity contribution in [3.63, 3.8) is 0 Å². The normalized spacial score (nSPS) is 11.4. The van der Waals surface area contributed by atoms with Crippen LogP contribution in [-0.2, 0) is 12.8 Å². The lowest BCUT2D eigenvalue weighted by atomic mass is 9.98. The van der Waals surface area contributed by atoms with E-state index >= 15 is 0 Å². The summed E-state index contributed by atoms with van der Waals surface area (Å²) in [5, 5.41) is 20.2. The van der Waals surface area contributed by atoms with Gasteiger partial charge in [-0.3, -0.25) is 0 Å². The lowest BCUT2D eigenvalue weighted by Crippen LogP contribution is -2.03. The van der Waals surface area contributed by atoms with E-state index in [2.05, 4.69) is 36.2 Å². The van der Waals surface area contributed by atoms with Gasteiger partial charge in [0.25, 0.3) is 0 Å². The monoisotopic (exact) mass is 407 g/mol. The molecule has 30 heavy (non-hydrogen) atoms. The predicted octanol–water partition coefficient (Wildman–Crippen LogP) is 7.15. The third-order valence-corrected chi connectivity index (χ3v) is 5.85. The number of unbranched alkanes of at least 4 members (excludes halogenated alkanes) is 8. The van der Waals surface area contributed by atoms with Crippen LogP contribution in [0.5, 0.6) is 5.75 Å². The van der Waals surface area contributed by atoms with Gasteiger partial charge in [0.05, 0.1) is 0 Å². The van der Waals surface area contributed by atoms with Gasteiger partial charge >= 0.3 is 0 Å². The topological polar surface area (TPSA) is 50.9 Å². The maximum Gasteiger partial charge on any atom is 0.146 e. The number of hydrogen-bond acceptors (Lipinski definition) is 3. The maximum absolute atomic E-state index is 11.0. The van der Waals surface area contributed by atoms with Crippen LogP contribution < -0.4 is 0 Å². The summed E-state index contributed by atoms with van der Waals surface area (Å²) in [7, 11) is 0. The van der Waals surface area contributed by atoms with Crippen LogP contribution in [0.15, 0.2) is 36.4 Å². The Morgan fingerprint density at radius 3 is 1.97 bits per heavy atom. The van der Waals surface area contributed by atoms with Gasteiger partial charge in [0, 0.05) is 0 Å². The van der Waals surface area contributed by atoms with Gasteiger partial charge in [0.2, 0.25) is 0 Å². The molecule has 0 aliphatic rings. The van der Waals surface area contributed by atoms with Crippen molar-refractivity contribution in [1.82, 2.24) is 15.0 Å². The van der Waals surface area contributed by atoms with E-state index in [-0.39, 0.29) is 0 Å². The number of nitrogens with zero attached hydrogens (tertiary/aromatic N) is 3. The van der Waals surface area contributed by atoms with Crippen LogP contribution in [0.4, 0.5) is 0 Å². The predicted molar refractivity (Wildman–Crippen MR) is 125 cm³/mol. The molecule has 0 aliphatic carbocycles. The van der Waals surface area contributed by atoms with Gasteiger partial charge in [0.15, 0.2) is 0 Å². The maximum atomic E-state index is 11.0. The minimum absolute atomic E-state index is 0.334. The minimum atomic E-state index is 0.334. The summed E-state index contributed by atoms with van der Waals surface area (Å²) in [4.78, 5) is 1.61. The van der Waals surface area contributed by atoms with E-state index in [1.807, 2.05) is 24.3 Å². The first-order chi connectivity index (χ1) is 14.7. The highest BCUT2D eigenvalue weighted by molar-refractivity contribution is 5.73. The van der Waals surface area contributed by atoms with Crippen molar-refractivity contribution in [2.24, 2.45) is 0 Å². The van der Waals surface area contributed by atoms with Gasteiger partial charge in [-0.1, -0.05) is 83.4 Å². The Kier molecular flexibility index (Phi) is 8.73. The zero-order valence-electron chi connectivity index (χ0n) is 18.7. The van der Waals surface area contributed by atoms with Crippen molar-refractivity contribution in [3.8, 4) is 11.4 Å². The second-order valence-corrected chi connectivity index (χ2v) is 8.43. The SMILES string of the molecule is CCCCCCCCCc1cc(CCCCC)cc(-n2nc3ccccc3n2)c1O. The van der Waals surface area contributed by atoms with Gasteiger partial charge in [0.1, 0.15) is 22.5 Å². The van der Waals surface area contributed by atoms with Crippen molar-refractivity contribution >= 4 is 11.0 Å². The fourth-order valence-corrected chi connectivity index (χ4v) is 4.05. The first-order valence-corrected chi connectivity index (χ1v) is 11.9. The molecule has 0 atom stereocenters. The summed E-state index contributed by atoms with van der Waals surface area (Å²) in [6.07, 6.45) is 14.5. The van der Waals surface area contributed by atoms with Crippen LogP contribution in [0, 0.1) is 0 Å². The van der Waals surface area contributed by atoms with E-state index in [1.165, 1.54) is 63.4 Å². The Morgan fingerprint density at radius 1 is 0.733 bits per heavy atom. The number of hydrogen-bond donors (Lipinski definition) is 1. The Labute approximate surface area is 181 Å². The first kappa shape index (κ1) is 22.3. The second kappa shape index (κ2) is 11.7. The van der Waals surface area contributed by atoms with Crippen molar-refractivity contribution in [3.05, 3.63) is 47.5 Å². The van der Waals surface area contributed by atoms with Gasteiger partial charge in [-0.25, -0.2) is 0 Å². The Hall–Kier alpha value is -2.36. The van der Waals surface area contributed by atoms with Crippen LogP contribution in [0.1, 0.15) is 89.2 Å². The van der Waals surface area contributed by atoms with Crippen LogP contribution in [0.3, 0.4) is 0 Å². The number of fused-ring (bicyclic) bond motifs is 1. The quantitative estimate of drug-likeness (QED) is 0.306. The molecule has 0 spiro atoms. The summed E-state index contributed by atoms with van der Waals surface area (Å²) in [5.41, 5.74) is 4.71. The van der Waals surface area contributed by atoms with Crippen molar-refractivity contribution in [2.75, 3.05) is 0 Å². The van der Waals surface area contributed by atoms with E-state index in [9.17, 15) is 5.11 Å². The van der Waals surface area contributed by atoms with Gasteiger partial charge in [-0.15, -0.1) is 15.0 Å². The second-order valence-electron chi connectivity index (χ2n) is 8.43. The molecule has 0 saturated carbocycles. The highest BCUT2D eigenvalue weighted by Crippen LogP contribution is 2.30. The highest BCUT2D eigenvalue weighted by Gasteiger charge is 2.14. The lowest BCUT2D eigenvalue weighted by molar-refractivity contribution is 0.458.